The summed E-state index contributed by atoms with van der Waals surface area (Å²) in [5.41, 5.74) is 1.40. The van der Waals surface area contributed by atoms with Gasteiger partial charge in [0.2, 0.25) is 0 Å². The minimum atomic E-state index is -0.339. The molecule has 0 aliphatic carbocycles. The minimum Gasteiger partial charge on any atom is -0.377 e. The number of nitro benzene ring substituents is 1. The van der Waals surface area contributed by atoms with Crippen LogP contribution in [0.15, 0.2) is 53.4 Å². The second kappa shape index (κ2) is 8.91. The highest BCUT2D eigenvalue weighted by Gasteiger charge is 2.19. The SMILES string of the molecule is CN(Sc1ccccc1)c1ccc(NCC2CCCCO2)c([N+](=O)[O-])c1. The molecule has 138 valence electrons. The second-order valence-corrected chi connectivity index (χ2v) is 7.43. The lowest BCUT2D eigenvalue weighted by Gasteiger charge is -2.23. The number of nitrogens with one attached hydrogen (secondary N) is 1. The van der Waals surface area contributed by atoms with E-state index in [2.05, 4.69) is 5.32 Å². The summed E-state index contributed by atoms with van der Waals surface area (Å²) >= 11 is 1.53. The van der Waals surface area contributed by atoms with Crippen molar-refractivity contribution in [1.82, 2.24) is 0 Å². The highest BCUT2D eigenvalue weighted by Crippen LogP contribution is 2.33. The molecule has 1 heterocycles. The van der Waals surface area contributed by atoms with E-state index in [0.717, 1.165) is 36.5 Å². The van der Waals surface area contributed by atoms with Crippen LogP contribution >= 0.6 is 11.9 Å². The van der Waals surface area contributed by atoms with Gasteiger partial charge in [0.15, 0.2) is 0 Å². The average Bonchev–Trinajstić information content (AvgIpc) is 2.67. The maximum absolute atomic E-state index is 11.5. The molecular formula is C19H23N3O3S. The first-order chi connectivity index (χ1) is 12.6. The van der Waals surface area contributed by atoms with Gasteiger partial charge < -0.3 is 14.4 Å². The third-order valence-corrected chi connectivity index (χ3v) is 5.29. The van der Waals surface area contributed by atoms with Gasteiger partial charge in [-0.2, -0.15) is 0 Å². The molecule has 6 nitrogen and oxygen atoms in total. The highest BCUT2D eigenvalue weighted by atomic mass is 32.2. The number of nitrogens with zero attached hydrogens (tertiary/aromatic N) is 2. The molecule has 7 heteroatoms. The monoisotopic (exact) mass is 373 g/mol. The van der Waals surface area contributed by atoms with Crippen molar-refractivity contribution in [1.29, 1.82) is 0 Å². The van der Waals surface area contributed by atoms with Crippen LogP contribution in [0.1, 0.15) is 19.3 Å². The summed E-state index contributed by atoms with van der Waals surface area (Å²) in [4.78, 5) is 12.3. The molecule has 0 aromatic heterocycles. The van der Waals surface area contributed by atoms with E-state index >= 15 is 0 Å². The van der Waals surface area contributed by atoms with Crippen LogP contribution in [0.4, 0.5) is 17.1 Å². The molecule has 0 spiro atoms. The van der Waals surface area contributed by atoms with E-state index in [1.54, 1.807) is 12.1 Å². The standard InChI is InChI=1S/C19H23N3O3S/c1-21(26-17-8-3-2-4-9-17)15-10-11-18(19(13-15)22(23)24)20-14-16-7-5-6-12-25-16/h2-4,8-11,13,16,20H,5-7,12,14H2,1H3. The number of nitro groups is 1. The lowest BCUT2D eigenvalue weighted by molar-refractivity contribution is -0.383. The van der Waals surface area contributed by atoms with Crippen molar-refractivity contribution >= 4 is 29.0 Å². The normalized spacial score (nSPS) is 16.9. The Morgan fingerprint density at radius 1 is 1.27 bits per heavy atom. The fourth-order valence-corrected chi connectivity index (χ4v) is 3.71. The maximum Gasteiger partial charge on any atom is 0.294 e. The summed E-state index contributed by atoms with van der Waals surface area (Å²) in [5.74, 6) is 0. The Labute approximate surface area is 157 Å². The Hall–Kier alpha value is -2.25. The Kier molecular flexibility index (Phi) is 6.35. The van der Waals surface area contributed by atoms with Crippen LogP contribution in [0.5, 0.6) is 0 Å². The first-order valence-corrected chi connectivity index (χ1v) is 9.51. The zero-order valence-corrected chi connectivity index (χ0v) is 15.6. The fourth-order valence-electron chi connectivity index (χ4n) is 2.90. The summed E-state index contributed by atoms with van der Waals surface area (Å²) in [5, 5.41) is 14.7. The Morgan fingerprint density at radius 3 is 2.77 bits per heavy atom. The van der Waals surface area contributed by atoms with Crippen LogP contribution in [-0.2, 0) is 4.74 Å². The molecule has 1 N–H and O–H groups in total. The topological polar surface area (TPSA) is 67.6 Å². The van der Waals surface area contributed by atoms with Crippen molar-refractivity contribution in [3.63, 3.8) is 0 Å². The van der Waals surface area contributed by atoms with Gasteiger partial charge in [-0.25, -0.2) is 0 Å². The fraction of sp³-hybridized carbons (Fsp3) is 0.368. The van der Waals surface area contributed by atoms with Gasteiger partial charge >= 0.3 is 0 Å². The molecule has 26 heavy (non-hydrogen) atoms. The van der Waals surface area contributed by atoms with Gasteiger partial charge in [-0.05, 0) is 55.5 Å². The molecule has 1 saturated heterocycles. The number of hydrogen-bond donors (Lipinski definition) is 1. The molecule has 3 rings (SSSR count). The summed E-state index contributed by atoms with van der Waals surface area (Å²) < 4.78 is 7.61. The van der Waals surface area contributed by atoms with Crippen molar-refractivity contribution in [2.24, 2.45) is 0 Å². The van der Waals surface area contributed by atoms with Crippen LogP contribution in [0.3, 0.4) is 0 Å². The van der Waals surface area contributed by atoms with Crippen molar-refractivity contribution < 1.29 is 9.66 Å². The van der Waals surface area contributed by atoms with E-state index in [1.807, 2.05) is 47.8 Å². The third-order valence-electron chi connectivity index (χ3n) is 4.32. The van der Waals surface area contributed by atoms with Crippen molar-refractivity contribution in [3.05, 3.63) is 58.6 Å². The minimum absolute atomic E-state index is 0.0822. The van der Waals surface area contributed by atoms with Gasteiger partial charge in [0.25, 0.3) is 5.69 Å². The summed E-state index contributed by atoms with van der Waals surface area (Å²) in [6, 6.07) is 15.2. The summed E-state index contributed by atoms with van der Waals surface area (Å²) in [6.07, 6.45) is 3.36. The van der Waals surface area contributed by atoms with Crippen molar-refractivity contribution in [2.75, 3.05) is 29.8 Å². The molecule has 1 atom stereocenters. The molecule has 1 aliphatic rings. The predicted molar refractivity (Wildman–Crippen MR) is 106 cm³/mol. The van der Waals surface area contributed by atoms with E-state index in [1.165, 1.54) is 11.9 Å². The quantitative estimate of drug-likeness (QED) is 0.430. The van der Waals surface area contributed by atoms with Gasteiger partial charge in [-0.1, -0.05) is 18.2 Å². The molecular weight excluding hydrogens is 350 g/mol. The van der Waals surface area contributed by atoms with Gasteiger partial charge in [0.05, 0.1) is 16.7 Å². The first kappa shape index (κ1) is 18.5. The van der Waals surface area contributed by atoms with Gasteiger partial charge in [-0.3, -0.25) is 10.1 Å². The Morgan fingerprint density at radius 2 is 2.08 bits per heavy atom. The molecule has 1 aliphatic heterocycles. The Bertz CT molecular complexity index is 736. The van der Waals surface area contributed by atoms with Crippen LogP contribution in [0.25, 0.3) is 0 Å². The number of rotatable bonds is 7. The maximum atomic E-state index is 11.5. The van der Waals surface area contributed by atoms with Crippen molar-refractivity contribution in [3.8, 4) is 0 Å². The van der Waals surface area contributed by atoms with Crippen LogP contribution < -0.4 is 9.62 Å². The molecule has 0 amide bonds. The van der Waals surface area contributed by atoms with E-state index in [-0.39, 0.29) is 16.7 Å². The Balaban J connectivity index is 1.70. The number of anilines is 2. The van der Waals surface area contributed by atoms with E-state index < -0.39 is 0 Å². The van der Waals surface area contributed by atoms with Gasteiger partial charge in [0, 0.05) is 31.2 Å². The lowest BCUT2D eigenvalue weighted by atomic mass is 10.1. The number of benzene rings is 2. The first-order valence-electron chi connectivity index (χ1n) is 8.74. The van der Waals surface area contributed by atoms with Gasteiger partial charge in [-0.15, -0.1) is 0 Å². The van der Waals surface area contributed by atoms with E-state index in [9.17, 15) is 10.1 Å². The predicted octanol–water partition coefficient (Wildman–Crippen LogP) is 4.72. The smallest absolute Gasteiger partial charge is 0.294 e. The molecule has 0 bridgehead atoms. The van der Waals surface area contributed by atoms with Crippen LogP contribution in [0, 0.1) is 10.1 Å². The largest absolute Gasteiger partial charge is 0.377 e. The van der Waals surface area contributed by atoms with E-state index in [0.29, 0.717) is 12.2 Å². The van der Waals surface area contributed by atoms with Gasteiger partial charge in [0.1, 0.15) is 5.69 Å². The molecule has 1 unspecified atom stereocenters. The zero-order valence-electron chi connectivity index (χ0n) is 14.8. The molecule has 1 fully saturated rings. The third kappa shape index (κ3) is 4.89. The molecule has 2 aromatic rings. The molecule has 0 saturated carbocycles. The summed E-state index contributed by atoms with van der Waals surface area (Å²) in [7, 11) is 1.90. The highest BCUT2D eigenvalue weighted by molar-refractivity contribution is 8.00. The lowest BCUT2D eigenvalue weighted by Crippen LogP contribution is -2.27. The van der Waals surface area contributed by atoms with Crippen molar-refractivity contribution in [2.45, 2.75) is 30.3 Å². The van der Waals surface area contributed by atoms with Crippen LogP contribution in [-0.4, -0.2) is 31.2 Å². The molecule has 2 aromatic carbocycles. The molecule has 0 radical (unpaired) electrons. The zero-order chi connectivity index (χ0) is 18.4. The van der Waals surface area contributed by atoms with E-state index in [4.69, 9.17) is 4.74 Å². The van der Waals surface area contributed by atoms with Crippen LogP contribution in [0.2, 0.25) is 0 Å². The number of ether oxygens (including phenoxy) is 1. The summed E-state index contributed by atoms with van der Waals surface area (Å²) in [6.45, 7) is 1.36. The number of hydrogen-bond acceptors (Lipinski definition) is 6. The second-order valence-electron chi connectivity index (χ2n) is 6.23. The average molecular weight is 373 g/mol.